The van der Waals surface area contributed by atoms with Crippen LogP contribution in [-0.2, 0) is 38.1 Å². The highest BCUT2D eigenvalue weighted by Crippen LogP contribution is 2.35. The summed E-state index contributed by atoms with van der Waals surface area (Å²) in [7, 11) is 1.20. The van der Waals surface area contributed by atoms with Crippen molar-refractivity contribution < 1.29 is 68.4 Å². The zero-order chi connectivity index (χ0) is 45.4. The first kappa shape index (κ1) is 47.8. The van der Waals surface area contributed by atoms with Gasteiger partial charge in [-0.3, -0.25) is 18.8 Å². The molecule has 5 heterocycles. The van der Waals surface area contributed by atoms with Gasteiger partial charge in [0.15, 0.2) is 18.0 Å². The number of fused-ring (bicyclic) bond motifs is 1. The van der Waals surface area contributed by atoms with Crippen molar-refractivity contribution >= 4 is 34.8 Å². The van der Waals surface area contributed by atoms with E-state index in [2.05, 4.69) is 31.0 Å². The Kier molecular flexibility index (Phi) is 16.6. The lowest BCUT2D eigenvalue weighted by atomic mass is 9.95. The standard InChI is InChI=1S/C41H60N8O14/c1-21(2)61-35-32(54)36(63-40(33(35)55)62-34-27(46-22(3)52)19-60-29(18-51)31(34)53)38(56)42-13-8-7-11-26(39(57)59-4)47-41(58)48-14-12-25-30(43-20-44-37(25)48)24-15-45-49(16-24)28(17-50)23-9-5-6-10-23/h12,14-16,20-21,23,26-29,31-36,40,50-51,53-55H,5-11,13,17-19H2,1-4H3,(H,42,56)(H,46,52)(H,47,58)/t26-,27+,28+,29?,31?,32?,33?,34?,35?,36?,40?/m0/s1. The predicted octanol–water partition coefficient (Wildman–Crippen LogP) is -0.714. The average molecular weight is 889 g/mol. The number of carbonyl (C=O) groups is 4. The number of aliphatic hydroxyl groups is 5. The first-order valence-corrected chi connectivity index (χ1v) is 21.4. The van der Waals surface area contributed by atoms with Crippen LogP contribution in [-0.4, -0.2) is 174 Å². The number of aliphatic hydroxyl groups excluding tert-OH is 5. The maximum Gasteiger partial charge on any atom is 0.328 e. The molecule has 8 unspecified atom stereocenters. The molecule has 63 heavy (non-hydrogen) atoms. The molecule has 3 amide bonds. The number of nitrogens with one attached hydrogen (secondary N) is 3. The Morgan fingerprint density at radius 2 is 1.78 bits per heavy atom. The lowest BCUT2D eigenvalue weighted by Gasteiger charge is -2.46. The maximum absolute atomic E-state index is 13.6. The number of hydrogen-bond acceptors (Lipinski definition) is 17. The second-order valence-corrected chi connectivity index (χ2v) is 16.5. The normalized spacial score (nSPS) is 27.6. The smallest absolute Gasteiger partial charge is 0.328 e. The first-order chi connectivity index (χ1) is 30.3. The predicted molar refractivity (Wildman–Crippen MR) is 219 cm³/mol. The van der Waals surface area contributed by atoms with Crippen LogP contribution in [0, 0.1) is 5.92 Å². The second-order valence-electron chi connectivity index (χ2n) is 16.5. The monoisotopic (exact) mass is 888 g/mol. The molecule has 0 bridgehead atoms. The van der Waals surface area contributed by atoms with Crippen molar-refractivity contribution in [2.24, 2.45) is 5.92 Å². The number of carbonyl (C=O) groups excluding carboxylic acids is 4. The summed E-state index contributed by atoms with van der Waals surface area (Å²) in [4.78, 5) is 60.6. The van der Waals surface area contributed by atoms with Gasteiger partial charge < -0.3 is 65.2 Å². The minimum Gasteiger partial charge on any atom is -0.467 e. The highest BCUT2D eigenvalue weighted by molar-refractivity contribution is 5.97. The van der Waals surface area contributed by atoms with Gasteiger partial charge >= 0.3 is 12.0 Å². The Bertz CT molecular complexity index is 2010. The number of rotatable bonds is 18. The van der Waals surface area contributed by atoms with E-state index in [0.29, 0.717) is 41.1 Å². The summed E-state index contributed by atoms with van der Waals surface area (Å²) < 4.78 is 31.0. The van der Waals surface area contributed by atoms with Crippen LogP contribution in [0.25, 0.3) is 22.3 Å². The lowest BCUT2D eigenvalue weighted by molar-refractivity contribution is -0.327. The van der Waals surface area contributed by atoms with Gasteiger partial charge in [-0.25, -0.2) is 19.6 Å². The van der Waals surface area contributed by atoms with Gasteiger partial charge in [-0.1, -0.05) is 12.8 Å². The topological polar surface area (TPSA) is 300 Å². The second kappa shape index (κ2) is 21.8. The third-order valence-electron chi connectivity index (χ3n) is 11.7. The molecule has 11 atom stereocenters. The minimum absolute atomic E-state index is 0.0314. The van der Waals surface area contributed by atoms with Crippen LogP contribution < -0.4 is 16.0 Å². The van der Waals surface area contributed by atoms with Crippen molar-refractivity contribution in [2.45, 2.75) is 139 Å². The van der Waals surface area contributed by atoms with Crippen LogP contribution in [0.1, 0.15) is 71.8 Å². The third kappa shape index (κ3) is 11.2. The van der Waals surface area contributed by atoms with Gasteiger partial charge in [-0.15, -0.1) is 0 Å². The number of esters is 1. The molecule has 3 aromatic heterocycles. The first-order valence-electron chi connectivity index (χ1n) is 21.4. The van der Waals surface area contributed by atoms with Gasteiger partial charge in [0, 0.05) is 36.8 Å². The Balaban J connectivity index is 1.06. The van der Waals surface area contributed by atoms with Gasteiger partial charge in [0.25, 0.3) is 5.91 Å². The van der Waals surface area contributed by atoms with Gasteiger partial charge in [-0.2, -0.15) is 5.10 Å². The zero-order valence-electron chi connectivity index (χ0n) is 35.8. The molecule has 22 heteroatoms. The number of amides is 3. The van der Waals surface area contributed by atoms with Crippen molar-refractivity contribution in [3.63, 3.8) is 0 Å². The van der Waals surface area contributed by atoms with Gasteiger partial charge in [0.1, 0.15) is 49.0 Å². The fraction of sp³-hybridized carbons (Fsp3) is 0.683. The van der Waals surface area contributed by atoms with E-state index in [4.69, 9.17) is 23.7 Å². The summed E-state index contributed by atoms with van der Waals surface area (Å²) in [6, 6.07) is -1.07. The Labute approximate surface area is 363 Å². The van der Waals surface area contributed by atoms with Gasteiger partial charge in [-0.05, 0) is 57.9 Å². The van der Waals surface area contributed by atoms with Crippen molar-refractivity contribution in [1.82, 2.24) is 40.3 Å². The average Bonchev–Trinajstić information content (AvgIpc) is 4.06. The van der Waals surface area contributed by atoms with Crippen LogP contribution in [0.15, 0.2) is 31.0 Å². The summed E-state index contributed by atoms with van der Waals surface area (Å²) >= 11 is 0. The molecule has 0 radical (unpaired) electrons. The summed E-state index contributed by atoms with van der Waals surface area (Å²) in [5.41, 5.74) is 1.54. The molecule has 2 aliphatic heterocycles. The number of ether oxygens (including phenoxy) is 5. The zero-order valence-corrected chi connectivity index (χ0v) is 35.8. The van der Waals surface area contributed by atoms with E-state index in [9.17, 15) is 44.7 Å². The number of hydrogen-bond donors (Lipinski definition) is 8. The lowest BCUT2D eigenvalue weighted by Crippen LogP contribution is -2.66. The highest BCUT2D eigenvalue weighted by Gasteiger charge is 2.52. The Morgan fingerprint density at radius 1 is 1.02 bits per heavy atom. The van der Waals surface area contributed by atoms with E-state index in [1.165, 1.54) is 31.1 Å². The van der Waals surface area contributed by atoms with E-state index in [0.717, 1.165) is 25.7 Å². The van der Waals surface area contributed by atoms with Crippen molar-refractivity contribution in [3.05, 3.63) is 31.0 Å². The van der Waals surface area contributed by atoms with Crippen LogP contribution in [0.3, 0.4) is 0 Å². The fourth-order valence-electron chi connectivity index (χ4n) is 8.56. The van der Waals surface area contributed by atoms with Crippen LogP contribution >= 0.6 is 0 Å². The third-order valence-corrected chi connectivity index (χ3v) is 11.7. The molecule has 3 fully saturated rings. The molecular formula is C41H60N8O14. The van der Waals surface area contributed by atoms with E-state index in [1.54, 1.807) is 30.8 Å². The molecule has 1 saturated carbocycles. The molecular weight excluding hydrogens is 828 g/mol. The summed E-state index contributed by atoms with van der Waals surface area (Å²) in [5, 5.41) is 66.3. The van der Waals surface area contributed by atoms with Crippen LogP contribution in [0.5, 0.6) is 0 Å². The van der Waals surface area contributed by atoms with Crippen LogP contribution in [0.2, 0.25) is 0 Å². The molecule has 6 rings (SSSR count). The quantitative estimate of drug-likeness (QED) is 0.0578. The van der Waals surface area contributed by atoms with E-state index >= 15 is 0 Å². The largest absolute Gasteiger partial charge is 0.467 e. The Hall–Kier alpha value is -4.65. The van der Waals surface area contributed by atoms with Crippen molar-refractivity contribution in [1.29, 1.82) is 0 Å². The van der Waals surface area contributed by atoms with Crippen molar-refractivity contribution in [2.75, 3.05) is 33.5 Å². The van der Waals surface area contributed by atoms with E-state index in [-0.39, 0.29) is 32.2 Å². The Morgan fingerprint density at radius 3 is 2.46 bits per heavy atom. The summed E-state index contributed by atoms with van der Waals surface area (Å²) in [6.45, 7) is 3.89. The van der Waals surface area contributed by atoms with Crippen molar-refractivity contribution in [3.8, 4) is 11.3 Å². The number of nitrogens with zero attached hydrogens (tertiary/aromatic N) is 5. The van der Waals surface area contributed by atoms with Gasteiger partial charge in [0.2, 0.25) is 5.91 Å². The SMILES string of the molecule is COC(=O)[C@H](CCCCNC(=O)C1OC(OC2C(O)C(CO)OC[C@H]2NC(C)=O)C(O)C(OC(C)C)C1O)NC(=O)n1ccc2c(-c3cnn([C@H](CO)C4CCCC4)c3)ncnc21. The summed E-state index contributed by atoms with van der Waals surface area (Å²) in [5.74, 6) is -1.58. The molecule has 348 valence electrons. The summed E-state index contributed by atoms with van der Waals surface area (Å²) in [6.07, 6.45) is -0.768. The molecule has 3 aromatic rings. The molecule has 22 nitrogen and oxygen atoms in total. The molecule has 8 N–H and O–H groups in total. The molecule has 1 aliphatic carbocycles. The molecule has 0 spiro atoms. The van der Waals surface area contributed by atoms with E-state index < -0.39 is 97.6 Å². The highest BCUT2D eigenvalue weighted by atomic mass is 16.7. The number of aromatic nitrogens is 5. The van der Waals surface area contributed by atoms with Crippen LogP contribution in [0.4, 0.5) is 4.79 Å². The van der Waals surface area contributed by atoms with E-state index in [1.807, 2.05) is 6.20 Å². The minimum atomic E-state index is -1.65. The number of unbranched alkanes of at least 4 members (excludes halogenated alkanes) is 1. The number of methoxy groups -OCH3 is 1. The fourth-order valence-corrected chi connectivity index (χ4v) is 8.56. The molecule has 0 aromatic carbocycles. The molecule has 2 saturated heterocycles. The maximum atomic E-state index is 13.6. The van der Waals surface area contributed by atoms with Gasteiger partial charge in [0.05, 0.1) is 57.0 Å². The molecule has 3 aliphatic rings.